The Morgan fingerprint density at radius 3 is 1.45 bits per heavy atom. The van der Waals surface area contributed by atoms with E-state index in [0.29, 0.717) is 32.8 Å². The summed E-state index contributed by atoms with van der Waals surface area (Å²) in [6, 6.07) is -14.0. The standard InChI is InChI=1S/C68H120N12O14/c1-26-28-29-43(13)57(94-48(18)81)56-61(85)71-49(27-2)64(88)73(19)47(17)63(87)78(24)55(44(14)37-80-30-32-93-33-31-80)60(84)72-53(41(9)10)67(91)74(20)50(34-38(3)4)59(83)69-45(15)58(82)70-46(16)62(86)75(21)51(35-39(5)6)65(89)76(22)52(36-40(7)8)66(90)77(23)54(42(11)12)68(92)79(56)25/h26,28,38-47,49-57H,27,29-37H2,1-25H3,(H,69,83)(H,70,82)(H,71,85)(H,72,84)/b28-26+/t43-,44+,45+,46-,47-,49+,50+,51+,52+,53+,54+,55?,56+,57-/m1/s1. The topological polar surface area (TPSA) is 297 Å². The molecular weight excluding hydrogens is 1210 g/mol. The van der Waals surface area contributed by atoms with E-state index in [-0.39, 0.29) is 49.9 Å². The van der Waals surface area contributed by atoms with Gasteiger partial charge in [0.15, 0.2) is 0 Å². The number of allylic oxidation sites excluding steroid dienone is 2. The van der Waals surface area contributed by atoms with Crippen LogP contribution in [0.2, 0.25) is 0 Å². The Bertz CT molecular complexity index is 2630. The van der Waals surface area contributed by atoms with E-state index >= 15 is 28.8 Å². The number of nitrogens with one attached hydrogen (secondary N) is 4. The van der Waals surface area contributed by atoms with Crippen LogP contribution in [0.1, 0.15) is 157 Å². The second-order valence-corrected chi connectivity index (χ2v) is 28.2. The van der Waals surface area contributed by atoms with Crippen molar-refractivity contribution in [1.82, 2.24) is 60.5 Å². The summed E-state index contributed by atoms with van der Waals surface area (Å²) in [5, 5.41) is 11.2. The van der Waals surface area contributed by atoms with Crippen molar-refractivity contribution in [3.63, 3.8) is 0 Å². The third kappa shape index (κ3) is 22.7. The van der Waals surface area contributed by atoms with Gasteiger partial charge < -0.3 is 65.0 Å². The first-order chi connectivity index (χ1) is 43.6. The van der Waals surface area contributed by atoms with Crippen molar-refractivity contribution in [2.45, 2.75) is 229 Å². The maximum atomic E-state index is 15.5. The van der Waals surface area contributed by atoms with Gasteiger partial charge in [0.2, 0.25) is 65.0 Å². The molecule has 94 heavy (non-hydrogen) atoms. The first-order valence-corrected chi connectivity index (χ1v) is 33.8. The van der Waals surface area contributed by atoms with Crippen molar-refractivity contribution in [2.24, 2.45) is 41.4 Å². The van der Waals surface area contributed by atoms with E-state index < -0.39 is 167 Å². The van der Waals surface area contributed by atoms with Gasteiger partial charge in [-0.25, -0.2) is 0 Å². The van der Waals surface area contributed by atoms with E-state index in [1.807, 2.05) is 54.5 Å². The van der Waals surface area contributed by atoms with E-state index in [1.165, 1.54) is 102 Å². The Morgan fingerprint density at radius 2 is 0.968 bits per heavy atom. The van der Waals surface area contributed by atoms with Crippen LogP contribution in [0.15, 0.2) is 12.2 Å². The number of hydrogen-bond acceptors (Lipinski definition) is 15. The van der Waals surface area contributed by atoms with Crippen LogP contribution >= 0.6 is 0 Å². The van der Waals surface area contributed by atoms with Gasteiger partial charge in [0, 0.05) is 75.9 Å². The summed E-state index contributed by atoms with van der Waals surface area (Å²) in [6.45, 7) is 33.0. The molecule has 26 heteroatoms. The van der Waals surface area contributed by atoms with E-state index in [4.69, 9.17) is 9.47 Å². The number of amides is 11. The third-order valence-electron chi connectivity index (χ3n) is 18.2. The summed E-state index contributed by atoms with van der Waals surface area (Å²) in [4.78, 5) is 188. The molecule has 2 fully saturated rings. The molecule has 11 amide bonds. The second kappa shape index (κ2) is 38.1. The predicted octanol–water partition coefficient (Wildman–Crippen LogP) is 3.15. The molecule has 536 valence electrons. The van der Waals surface area contributed by atoms with Gasteiger partial charge in [-0.15, -0.1) is 0 Å². The zero-order valence-electron chi connectivity index (χ0n) is 61.5. The van der Waals surface area contributed by atoms with Crippen LogP contribution in [0.25, 0.3) is 0 Å². The van der Waals surface area contributed by atoms with Crippen molar-refractivity contribution in [2.75, 3.05) is 82.2 Å². The van der Waals surface area contributed by atoms with Gasteiger partial charge in [-0.1, -0.05) is 102 Å². The van der Waals surface area contributed by atoms with Crippen molar-refractivity contribution in [3.05, 3.63) is 12.2 Å². The minimum Gasteiger partial charge on any atom is -0.459 e. The molecule has 2 heterocycles. The maximum Gasteiger partial charge on any atom is 0.303 e. The first kappa shape index (κ1) is 83.4. The number of carbonyl (C=O) groups excluding carboxylic acids is 12. The monoisotopic (exact) mass is 1330 g/mol. The molecule has 0 saturated carbocycles. The SMILES string of the molecule is C/C=C/C[C@@H](C)[C@@H](OC(C)=O)[C@H]1C(=O)N[C@@H](CC)C(=O)N(C)[C@H](C)C(=O)N(C)C([C@@H](C)CN2CCOCC2)C(=O)N[C@@H](C(C)C)C(=O)N(C)[C@@H](CC(C)C)C(=O)N[C@@H](C)C(=O)N[C@H](C)C(=O)N(C)[C@@H](CC(C)C)C(=O)N(C)[C@@H](CC(C)C)C(=O)N(C)[C@@H](C(C)C)C(=O)N1C. The molecule has 2 aliphatic rings. The molecule has 0 aromatic carbocycles. The highest BCUT2D eigenvalue weighted by Gasteiger charge is 2.47. The average molecular weight is 1330 g/mol. The highest BCUT2D eigenvalue weighted by atomic mass is 16.5. The maximum absolute atomic E-state index is 15.5. The molecule has 0 spiro atoms. The summed E-state index contributed by atoms with van der Waals surface area (Å²) in [5.74, 6) is -11.3. The van der Waals surface area contributed by atoms with E-state index in [1.54, 1.807) is 54.5 Å². The normalized spacial score (nSPS) is 27.7. The van der Waals surface area contributed by atoms with Crippen molar-refractivity contribution >= 4 is 70.9 Å². The first-order valence-electron chi connectivity index (χ1n) is 33.8. The zero-order valence-corrected chi connectivity index (χ0v) is 61.5. The predicted molar refractivity (Wildman–Crippen MR) is 360 cm³/mol. The van der Waals surface area contributed by atoms with Crippen LogP contribution in [0, 0.1) is 41.4 Å². The minimum atomic E-state index is -1.63. The zero-order chi connectivity index (χ0) is 72.2. The number of ether oxygens (including phenoxy) is 2. The molecule has 4 N–H and O–H groups in total. The Morgan fingerprint density at radius 1 is 0.511 bits per heavy atom. The summed E-state index contributed by atoms with van der Waals surface area (Å²) in [5.41, 5.74) is 0. The largest absolute Gasteiger partial charge is 0.459 e. The van der Waals surface area contributed by atoms with Gasteiger partial charge in [-0.3, -0.25) is 62.4 Å². The molecule has 2 aliphatic heterocycles. The van der Waals surface area contributed by atoms with E-state index in [2.05, 4.69) is 26.2 Å². The quantitative estimate of drug-likeness (QED) is 0.120. The number of carbonyl (C=O) groups is 12. The van der Waals surface area contributed by atoms with Crippen LogP contribution in [0.4, 0.5) is 0 Å². The molecule has 14 atom stereocenters. The lowest BCUT2D eigenvalue weighted by Gasteiger charge is -2.42. The van der Waals surface area contributed by atoms with Crippen molar-refractivity contribution in [3.8, 4) is 0 Å². The Kier molecular flexibility index (Phi) is 33.8. The summed E-state index contributed by atoms with van der Waals surface area (Å²) in [7, 11) is 9.97. The summed E-state index contributed by atoms with van der Waals surface area (Å²) in [6.07, 6.45) is 2.95. The van der Waals surface area contributed by atoms with Gasteiger partial charge in [-0.2, -0.15) is 0 Å². The Hall–Kier alpha value is -6.70. The number of rotatable bonds is 17. The number of morpholine rings is 1. The van der Waals surface area contributed by atoms with Crippen LogP contribution < -0.4 is 21.3 Å². The lowest BCUT2D eigenvalue weighted by atomic mass is 9.91. The molecule has 0 aromatic heterocycles. The fourth-order valence-corrected chi connectivity index (χ4v) is 12.4. The highest BCUT2D eigenvalue weighted by Crippen LogP contribution is 2.27. The fourth-order valence-electron chi connectivity index (χ4n) is 12.4. The van der Waals surface area contributed by atoms with Crippen LogP contribution in [0.3, 0.4) is 0 Å². The highest BCUT2D eigenvalue weighted by molar-refractivity contribution is 6.00. The van der Waals surface area contributed by atoms with Crippen LogP contribution in [-0.4, -0.2) is 265 Å². The molecule has 1 unspecified atom stereocenters. The molecule has 0 aliphatic carbocycles. The number of likely N-dealkylation sites (N-methyl/N-ethyl adjacent to an activating group) is 7. The van der Waals surface area contributed by atoms with Crippen LogP contribution in [0.5, 0.6) is 0 Å². The molecule has 0 aromatic rings. The van der Waals surface area contributed by atoms with E-state index in [0.717, 1.165) is 9.80 Å². The minimum absolute atomic E-state index is 0.0207. The second-order valence-electron chi connectivity index (χ2n) is 28.2. The van der Waals surface area contributed by atoms with Gasteiger partial charge in [0.05, 0.1) is 13.2 Å². The summed E-state index contributed by atoms with van der Waals surface area (Å²) < 4.78 is 11.6. The number of esters is 1. The fraction of sp³-hybridized carbons (Fsp3) is 0.794. The average Bonchev–Trinajstić information content (AvgIpc) is 0.807. The molecule has 2 saturated heterocycles. The van der Waals surface area contributed by atoms with Crippen molar-refractivity contribution < 1.29 is 67.0 Å². The molecule has 2 rings (SSSR count). The third-order valence-corrected chi connectivity index (χ3v) is 18.2. The van der Waals surface area contributed by atoms with Crippen LogP contribution in [-0.2, 0) is 67.0 Å². The van der Waals surface area contributed by atoms with Crippen molar-refractivity contribution in [1.29, 1.82) is 0 Å². The molecule has 0 bridgehead atoms. The van der Waals surface area contributed by atoms with Gasteiger partial charge in [0.1, 0.15) is 72.6 Å². The van der Waals surface area contributed by atoms with Gasteiger partial charge in [0.25, 0.3) is 0 Å². The lowest BCUT2D eigenvalue weighted by Crippen LogP contribution is -2.64. The summed E-state index contributed by atoms with van der Waals surface area (Å²) >= 11 is 0. The number of hydrogen-bond donors (Lipinski definition) is 4. The lowest BCUT2D eigenvalue weighted by molar-refractivity contribution is -0.164. The molecule has 0 radical (unpaired) electrons. The number of nitrogens with zero attached hydrogens (tertiary/aromatic N) is 8. The Labute approximate surface area is 561 Å². The van der Waals surface area contributed by atoms with Gasteiger partial charge in [-0.05, 0) is 101 Å². The van der Waals surface area contributed by atoms with E-state index in [9.17, 15) is 28.8 Å². The smallest absolute Gasteiger partial charge is 0.303 e. The molecular formula is C68H120N12O14. The Balaban J connectivity index is 3.12. The molecule has 26 nitrogen and oxygen atoms in total. The van der Waals surface area contributed by atoms with Gasteiger partial charge >= 0.3 is 5.97 Å².